The smallest absolute Gasteiger partial charge is 0.255 e. The van der Waals surface area contributed by atoms with E-state index in [1.165, 1.54) is 11.3 Å². The zero-order valence-corrected chi connectivity index (χ0v) is 17.1. The fraction of sp³-hybridized carbons (Fsp3) is 0.450. The lowest BCUT2D eigenvalue weighted by atomic mass is 10.0. The highest BCUT2D eigenvalue weighted by atomic mass is 32.1. The van der Waals surface area contributed by atoms with Crippen LogP contribution >= 0.6 is 11.3 Å². The van der Waals surface area contributed by atoms with E-state index < -0.39 is 0 Å². The molecule has 0 aliphatic carbocycles. The highest BCUT2D eigenvalue weighted by Gasteiger charge is 2.23. The molecule has 0 spiro atoms. The third-order valence-electron chi connectivity index (χ3n) is 4.14. The van der Waals surface area contributed by atoms with Gasteiger partial charge in [-0.15, -0.1) is 11.3 Å². The molecule has 27 heavy (non-hydrogen) atoms. The van der Waals surface area contributed by atoms with E-state index in [4.69, 9.17) is 5.73 Å². The Morgan fingerprint density at radius 1 is 1.11 bits per heavy atom. The number of amides is 2. The summed E-state index contributed by atoms with van der Waals surface area (Å²) in [7, 11) is 0. The summed E-state index contributed by atoms with van der Waals surface area (Å²) >= 11 is 1.46. The lowest BCUT2D eigenvalue weighted by Crippen LogP contribution is -2.34. The topological polar surface area (TPSA) is 88.3 Å². The van der Waals surface area contributed by atoms with Crippen molar-refractivity contribution in [3.8, 4) is 10.6 Å². The van der Waals surface area contributed by atoms with Gasteiger partial charge in [0.2, 0.25) is 0 Å². The van der Waals surface area contributed by atoms with Crippen molar-refractivity contribution >= 4 is 28.8 Å². The summed E-state index contributed by atoms with van der Waals surface area (Å²) in [4.78, 5) is 31.9. The maximum absolute atomic E-state index is 13.2. The number of nitrogen functional groups attached to an aromatic ring is 1. The number of nitrogens with zero attached hydrogens (tertiary/aromatic N) is 2. The van der Waals surface area contributed by atoms with Crippen molar-refractivity contribution in [1.82, 2.24) is 15.2 Å². The third-order valence-corrected chi connectivity index (χ3v) is 4.97. The van der Waals surface area contributed by atoms with Crippen LogP contribution in [-0.2, 0) is 0 Å². The number of anilines is 1. The van der Waals surface area contributed by atoms with Crippen LogP contribution in [0.3, 0.4) is 0 Å². The first-order valence-corrected chi connectivity index (χ1v) is 10.3. The first kappa shape index (κ1) is 20.9. The van der Waals surface area contributed by atoms with Crippen LogP contribution in [0.25, 0.3) is 10.6 Å². The van der Waals surface area contributed by atoms with Crippen LogP contribution in [0.15, 0.2) is 23.7 Å². The predicted octanol–water partition coefficient (Wildman–Crippen LogP) is 3.79. The quantitative estimate of drug-likeness (QED) is 0.640. The summed E-state index contributed by atoms with van der Waals surface area (Å²) in [6.07, 6.45) is 4.25. The van der Waals surface area contributed by atoms with Gasteiger partial charge in [-0.05, 0) is 31.4 Å². The van der Waals surface area contributed by atoms with Crippen LogP contribution in [0.4, 0.5) is 5.69 Å². The monoisotopic (exact) mass is 388 g/mol. The van der Waals surface area contributed by atoms with Gasteiger partial charge < -0.3 is 16.0 Å². The zero-order valence-electron chi connectivity index (χ0n) is 16.2. The summed E-state index contributed by atoms with van der Waals surface area (Å²) < 4.78 is 0. The molecule has 0 saturated carbocycles. The fourth-order valence-electron chi connectivity index (χ4n) is 2.87. The molecule has 0 saturated heterocycles. The fourth-order valence-corrected chi connectivity index (χ4v) is 3.49. The van der Waals surface area contributed by atoms with Crippen LogP contribution in [-0.4, -0.2) is 41.3 Å². The summed E-state index contributed by atoms with van der Waals surface area (Å²) in [5, 5.41) is 5.47. The van der Waals surface area contributed by atoms with Crippen molar-refractivity contribution in [3.63, 3.8) is 0 Å². The molecule has 0 atom stereocenters. The van der Waals surface area contributed by atoms with Crippen molar-refractivity contribution in [1.29, 1.82) is 0 Å². The first-order chi connectivity index (χ1) is 13.0. The van der Waals surface area contributed by atoms with Gasteiger partial charge in [0.15, 0.2) is 0 Å². The van der Waals surface area contributed by atoms with E-state index in [1.807, 2.05) is 26.2 Å². The molecule has 0 radical (unpaired) electrons. The summed E-state index contributed by atoms with van der Waals surface area (Å²) in [5.41, 5.74) is 7.94. The normalized spacial score (nSPS) is 10.6. The Balaban J connectivity index is 2.52. The maximum Gasteiger partial charge on any atom is 0.255 e. The SMILES string of the molecule is CCCNC(=O)c1cc(-c2nccs2)cc(C(=O)N(CCC)CCC)c1N. The molecule has 0 aliphatic heterocycles. The second-order valence-corrected chi connectivity index (χ2v) is 7.26. The van der Waals surface area contributed by atoms with E-state index in [9.17, 15) is 9.59 Å². The molecule has 3 N–H and O–H groups in total. The van der Waals surface area contributed by atoms with Crippen molar-refractivity contribution in [2.24, 2.45) is 0 Å². The van der Waals surface area contributed by atoms with Gasteiger partial charge in [-0.1, -0.05) is 20.8 Å². The number of thiazole rings is 1. The van der Waals surface area contributed by atoms with E-state index >= 15 is 0 Å². The molecule has 1 heterocycles. The van der Waals surface area contributed by atoms with E-state index in [1.54, 1.807) is 23.2 Å². The average Bonchev–Trinajstić information content (AvgIpc) is 3.20. The molecule has 7 heteroatoms. The van der Waals surface area contributed by atoms with Crippen LogP contribution in [0.1, 0.15) is 60.7 Å². The Kier molecular flexibility index (Phi) is 7.79. The Bertz CT molecular complexity index is 769. The van der Waals surface area contributed by atoms with Crippen LogP contribution < -0.4 is 11.1 Å². The molecule has 2 amide bonds. The van der Waals surface area contributed by atoms with Gasteiger partial charge in [-0.2, -0.15) is 0 Å². The minimum absolute atomic E-state index is 0.140. The van der Waals surface area contributed by atoms with E-state index in [0.717, 1.165) is 29.8 Å². The minimum atomic E-state index is -0.265. The molecule has 146 valence electrons. The number of carbonyl (C=O) groups excluding carboxylic acids is 2. The van der Waals surface area contributed by atoms with Crippen LogP contribution in [0, 0.1) is 0 Å². The number of aromatic nitrogens is 1. The number of benzene rings is 1. The molecule has 1 aromatic carbocycles. The van der Waals surface area contributed by atoms with E-state index in [-0.39, 0.29) is 17.5 Å². The molecule has 2 rings (SSSR count). The second kappa shape index (κ2) is 10.1. The van der Waals surface area contributed by atoms with Gasteiger partial charge in [0.25, 0.3) is 11.8 Å². The third kappa shape index (κ3) is 5.07. The second-order valence-electron chi connectivity index (χ2n) is 6.37. The Morgan fingerprint density at radius 2 is 1.78 bits per heavy atom. The van der Waals surface area contributed by atoms with Gasteiger partial charge in [0.1, 0.15) is 5.01 Å². The highest BCUT2D eigenvalue weighted by molar-refractivity contribution is 7.13. The van der Waals surface area contributed by atoms with Gasteiger partial charge in [-0.3, -0.25) is 9.59 Å². The average molecular weight is 389 g/mol. The van der Waals surface area contributed by atoms with Crippen LogP contribution in [0.2, 0.25) is 0 Å². The highest BCUT2D eigenvalue weighted by Crippen LogP contribution is 2.30. The van der Waals surface area contributed by atoms with Gasteiger partial charge in [0.05, 0.1) is 16.8 Å². The minimum Gasteiger partial charge on any atom is -0.397 e. The Labute approximate surface area is 164 Å². The number of nitrogens with two attached hydrogens (primary N) is 1. The number of hydrogen-bond donors (Lipinski definition) is 2. The molecule has 0 fully saturated rings. The molecular formula is C20H28N4O2S. The lowest BCUT2D eigenvalue weighted by molar-refractivity contribution is 0.0756. The molecule has 0 unspecified atom stereocenters. The predicted molar refractivity (Wildman–Crippen MR) is 111 cm³/mol. The lowest BCUT2D eigenvalue weighted by Gasteiger charge is -2.23. The maximum atomic E-state index is 13.2. The summed E-state index contributed by atoms with van der Waals surface area (Å²) in [6, 6.07) is 3.48. The summed E-state index contributed by atoms with van der Waals surface area (Å²) in [5.74, 6) is -0.404. The van der Waals surface area contributed by atoms with Gasteiger partial charge in [0, 0.05) is 36.8 Å². The first-order valence-electron chi connectivity index (χ1n) is 9.44. The molecular weight excluding hydrogens is 360 g/mol. The van der Waals surface area contributed by atoms with E-state index in [2.05, 4.69) is 10.3 Å². The number of hydrogen-bond acceptors (Lipinski definition) is 5. The number of rotatable bonds is 9. The largest absolute Gasteiger partial charge is 0.397 e. The van der Waals surface area contributed by atoms with E-state index in [0.29, 0.717) is 30.8 Å². The zero-order chi connectivity index (χ0) is 19.8. The van der Waals surface area contributed by atoms with Crippen molar-refractivity contribution in [3.05, 3.63) is 34.8 Å². The van der Waals surface area contributed by atoms with Gasteiger partial charge in [-0.25, -0.2) is 4.98 Å². The number of carbonyl (C=O) groups is 2. The molecule has 6 nitrogen and oxygen atoms in total. The van der Waals surface area contributed by atoms with Gasteiger partial charge >= 0.3 is 0 Å². The molecule has 0 aliphatic rings. The van der Waals surface area contributed by atoms with Crippen molar-refractivity contribution in [2.75, 3.05) is 25.4 Å². The van der Waals surface area contributed by atoms with Crippen LogP contribution in [0.5, 0.6) is 0 Å². The van der Waals surface area contributed by atoms with Crippen molar-refractivity contribution in [2.45, 2.75) is 40.0 Å². The number of nitrogens with one attached hydrogen (secondary N) is 1. The molecule has 0 bridgehead atoms. The molecule has 2 aromatic rings. The van der Waals surface area contributed by atoms with Crippen molar-refractivity contribution < 1.29 is 9.59 Å². The standard InChI is InChI=1S/C20H28N4O2S/c1-4-7-22-18(25)15-12-14(19-23-8-11-27-19)13-16(17(15)21)20(26)24(9-5-2)10-6-3/h8,11-13H,4-7,9-10,21H2,1-3H3,(H,22,25). The Hall–Kier alpha value is -2.41. The Morgan fingerprint density at radius 3 is 2.33 bits per heavy atom. The summed E-state index contributed by atoms with van der Waals surface area (Å²) in [6.45, 7) is 7.93. The molecule has 1 aromatic heterocycles.